The molecule has 0 unspecified atom stereocenters. The van der Waals surface area contributed by atoms with E-state index in [1.165, 1.54) is 11.1 Å². The average Bonchev–Trinajstić information content (AvgIpc) is 3.19. The van der Waals surface area contributed by atoms with E-state index in [0.717, 1.165) is 17.7 Å². The average molecular weight is 361 g/mol. The SMILES string of the molecule is CC(C)(C)c1ccc(CCC(=O)NCc2ccc(-n3ccnc3)cc2)cc1. The Morgan fingerprint density at radius 2 is 1.67 bits per heavy atom. The number of nitrogens with one attached hydrogen (secondary N) is 1. The summed E-state index contributed by atoms with van der Waals surface area (Å²) in [6.07, 6.45) is 6.69. The van der Waals surface area contributed by atoms with E-state index in [9.17, 15) is 4.79 Å². The fourth-order valence-electron chi connectivity index (χ4n) is 2.92. The van der Waals surface area contributed by atoms with Crippen LogP contribution in [0.2, 0.25) is 0 Å². The molecule has 140 valence electrons. The predicted molar refractivity (Wildman–Crippen MR) is 109 cm³/mol. The maximum atomic E-state index is 12.1. The summed E-state index contributed by atoms with van der Waals surface area (Å²) in [6.45, 7) is 7.16. The number of rotatable bonds is 6. The highest BCUT2D eigenvalue weighted by Gasteiger charge is 2.13. The quantitative estimate of drug-likeness (QED) is 0.706. The number of hydrogen-bond donors (Lipinski definition) is 1. The van der Waals surface area contributed by atoms with Gasteiger partial charge in [-0.2, -0.15) is 0 Å². The topological polar surface area (TPSA) is 46.9 Å². The number of aromatic nitrogens is 2. The lowest BCUT2D eigenvalue weighted by Gasteiger charge is -2.19. The molecule has 0 fully saturated rings. The highest BCUT2D eigenvalue weighted by molar-refractivity contribution is 5.76. The molecule has 1 aromatic heterocycles. The first-order valence-electron chi connectivity index (χ1n) is 9.35. The van der Waals surface area contributed by atoms with Crippen LogP contribution in [0.4, 0.5) is 0 Å². The summed E-state index contributed by atoms with van der Waals surface area (Å²) in [5.74, 6) is 0.0774. The molecule has 0 aliphatic carbocycles. The normalized spacial score (nSPS) is 11.4. The van der Waals surface area contributed by atoms with Gasteiger partial charge in [0.2, 0.25) is 5.91 Å². The molecule has 0 atom stereocenters. The zero-order valence-corrected chi connectivity index (χ0v) is 16.3. The lowest BCUT2D eigenvalue weighted by Crippen LogP contribution is -2.23. The second kappa shape index (κ2) is 8.21. The van der Waals surface area contributed by atoms with Gasteiger partial charge in [-0.15, -0.1) is 0 Å². The Balaban J connectivity index is 1.46. The maximum Gasteiger partial charge on any atom is 0.220 e. The molecule has 1 amide bonds. The first kappa shape index (κ1) is 18.9. The minimum atomic E-state index is 0.0774. The van der Waals surface area contributed by atoms with Crippen LogP contribution in [0.5, 0.6) is 0 Å². The van der Waals surface area contributed by atoms with Crippen LogP contribution in [0.25, 0.3) is 5.69 Å². The number of hydrogen-bond acceptors (Lipinski definition) is 2. The van der Waals surface area contributed by atoms with Gasteiger partial charge in [-0.1, -0.05) is 57.2 Å². The summed E-state index contributed by atoms with van der Waals surface area (Å²) >= 11 is 0. The second-order valence-corrected chi connectivity index (χ2v) is 7.86. The fourth-order valence-corrected chi connectivity index (χ4v) is 2.92. The van der Waals surface area contributed by atoms with Crippen molar-refractivity contribution in [3.63, 3.8) is 0 Å². The first-order chi connectivity index (χ1) is 12.9. The zero-order chi connectivity index (χ0) is 19.3. The van der Waals surface area contributed by atoms with Crippen molar-refractivity contribution < 1.29 is 4.79 Å². The van der Waals surface area contributed by atoms with Gasteiger partial charge in [0.1, 0.15) is 0 Å². The number of amides is 1. The van der Waals surface area contributed by atoms with Crippen LogP contribution in [-0.2, 0) is 23.2 Å². The van der Waals surface area contributed by atoms with Crippen LogP contribution in [0.15, 0.2) is 67.3 Å². The second-order valence-electron chi connectivity index (χ2n) is 7.86. The van der Waals surface area contributed by atoms with Gasteiger partial charge in [0.05, 0.1) is 6.33 Å². The Labute approximate surface area is 161 Å². The summed E-state index contributed by atoms with van der Waals surface area (Å²) in [4.78, 5) is 16.2. The van der Waals surface area contributed by atoms with Crippen molar-refractivity contribution in [2.45, 2.75) is 45.6 Å². The molecule has 3 rings (SSSR count). The Kier molecular flexibility index (Phi) is 5.75. The standard InChI is InChI=1S/C23H27N3O/c1-23(2,3)20-9-4-18(5-10-20)8-13-22(27)25-16-19-6-11-21(12-7-19)26-15-14-24-17-26/h4-7,9-12,14-15,17H,8,13,16H2,1-3H3,(H,25,27). The van der Waals surface area contributed by atoms with E-state index in [1.807, 2.05) is 35.0 Å². The van der Waals surface area contributed by atoms with E-state index in [2.05, 4.69) is 55.3 Å². The summed E-state index contributed by atoms with van der Waals surface area (Å²) in [5, 5.41) is 3.00. The van der Waals surface area contributed by atoms with Gasteiger partial charge in [-0.25, -0.2) is 4.98 Å². The predicted octanol–water partition coefficient (Wildman–Crippen LogP) is 4.42. The molecule has 1 N–H and O–H groups in total. The van der Waals surface area contributed by atoms with Crippen LogP contribution in [0.3, 0.4) is 0 Å². The minimum Gasteiger partial charge on any atom is -0.352 e. The van der Waals surface area contributed by atoms with Crippen LogP contribution in [0, 0.1) is 0 Å². The van der Waals surface area contributed by atoms with Gasteiger partial charge < -0.3 is 9.88 Å². The van der Waals surface area contributed by atoms with E-state index < -0.39 is 0 Å². The van der Waals surface area contributed by atoms with Crippen molar-refractivity contribution >= 4 is 5.91 Å². The van der Waals surface area contributed by atoms with Crippen LogP contribution < -0.4 is 5.32 Å². The smallest absolute Gasteiger partial charge is 0.220 e. The van der Waals surface area contributed by atoms with Gasteiger partial charge in [-0.05, 0) is 40.7 Å². The van der Waals surface area contributed by atoms with Crippen molar-refractivity contribution in [3.8, 4) is 5.69 Å². The molecule has 0 spiro atoms. The van der Waals surface area contributed by atoms with E-state index in [0.29, 0.717) is 13.0 Å². The van der Waals surface area contributed by atoms with E-state index in [4.69, 9.17) is 0 Å². The van der Waals surface area contributed by atoms with E-state index >= 15 is 0 Å². The number of aryl methyl sites for hydroxylation is 1. The third-order valence-electron chi connectivity index (χ3n) is 4.69. The summed E-state index contributed by atoms with van der Waals surface area (Å²) in [5.41, 5.74) is 4.81. The molecular weight excluding hydrogens is 334 g/mol. The molecule has 4 nitrogen and oxygen atoms in total. The van der Waals surface area contributed by atoms with Crippen molar-refractivity contribution in [3.05, 3.63) is 83.9 Å². The first-order valence-corrected chi connectivity index (χ1v) is 9.35. The van der Waals surface area contributed by atoms with E-state index in [-0.39, 0.29) is 11.3 Å². The number of benzene rings is 2. The monoisotopic (exact) mass is 361 g/mol. The Morgan fingerprint density at radius 1 is 1.00 bits per heavy atom. The lowest BCUT2D eigenvalue weighted by molar-refractivity contribution is -0.121. The Hall–Kier alpha value is -2.88. The molecule has 4 heteroatoms. The molecule has 0 saturated heterocycles. The molecule has 1 heterocycles. The van der Waals surface area contributed by atoms with Crippen molar-refractivity contribution in [1.82, 2.24) is 14.9 Å². The maximum absolute atomic E-state index is 12.1. The number of carbonyl (C=O) groups excluding carboxylic acids is 1. The molecule has 0 aliphatic heterocycles. The van der Waals surface area contributed by atoms with Crippen LogP contribution in [0.1, 0.15) is 43.9 Å². The van der Waals surface area contributed by atoms with Gasteiger partial charge in [0, 0.05) is 31.0 Å². The highest BCUT2D eigenvalue weighted by atomic mass is 16.1. The molecule has 2 aromatic carbocycles. The van der Waals surface area contributed by atoms with E-state index in [1.54, 1.807) is 12.5 Å². The molecular formula is C23H27N3O. The van der Waals surface area contributed by atoms with Gasteiger partial charge in [-0.3, -0.25) is 4.79 Å². The largest absolute Gasteiger partial charge is 0.352 e. The summed E-state index contributed by atoms with van der Waals surface area (Å²) < 4.78 is 1.95. The van der Waals surface area contributed by atoms with Gasteiger partial charge >= 0.3 is 0 Å². The minimum absolute atomic E-state index is 0.0774. The third-order valence-corrected chi connectivity index (χ3v) is 4.69. The van der Waals surface area contributed by atoms with Crippen molar-refractivity contribution in [2.75, 3.05) is 0 Å². The Bertz CT molecular complexity index is 857. The fraction of sp³-hybridized carbons (Fsp3) is 0.304. The molecule has 3 aromatic rings. The van der Waals surface area contributed by atoms with Gasteiger partial charge in [0.15, 0.2) is 0 Å². The molecule has 0 radical (unpaired) electrons. The van der Waals surface area contributed by atoms with Crippen LogP contribution in [-0.4, -0.2) is 15.5 Å². The lowest BCUT2D eigenvalue weighted by atomic mass is 9.86. The highest BCUT2D eigenvalue weighted by Crippen LogP contribution is 2.22. The molecule has 0 bridgehead atoms. The number of imidazole rings is 1. The molecule has 0 aliphatic rings. The molecule has 27 heavy (non-hydrogen) atoms. The summed E-state index contributed by atoms with van der Waals surface area (Å²) in [7, 11) is 0. The zero-order valence-electron chi connectivity index (χ0n) is 16.3. The number of nitrogens with zero attached hydrogens (tertiary/aromatic N) is 2. The van der Waals surface area contributed by atoms with Crippen molar-refractivity contribution in [1.29, 1.82) is 0 Å². The number of carbonyl (C=O) groups is 1. The van der Waals surface area contributed by atoms with Crippen molar-refractivity contribution in [2.24, 2.45) is 0 Å². The molecule has 0 saturated carbocycles. The Morgan fingerprint density at radius 3 is 2.26 bits per heavy atom. The van der Waals surface area contributed by atoms with Gasteiger partial charge in [0.25, 0.3) is 0 Å². The summed E-state index contributed by atoms with van der Waals surface area (Å²) in [6, 6.07) is 16.7. The van der Waals surface area contributed by atoms with Crippen LogP contribution >= 0.6 is 0 Å². The third kappa shape index (κ3) is 5.30.